The minimum Gasteiger partial charge on any atom is -0.369 e. The summed E-state index contributed by atoms with van der Waals surface area (Å²) >= 11 is 3.89. The van der Waals surface area contributed by atoms with E-state index in [1.165, 1.54) is 4.90 Å². The molecule has 2 saturated heterocycles. The molecule has 0 aliphatic carbocycles. The highest BCUT2D eigenvalue weighted by Gasteiger charge is 2.51. The second-order valence-corrected chi connectivity index (χ2v) is 8.67. The summed E-state index contributed by atoms with van der Waals surface area (Å²) in [6.45, 7) is 0.354. The number of nitrogens with zero attached hydrogens (tertiary/aromatic N) is 2. The SMILES string of the molecule is O=C(CS)N1CC2(C1)CN(S(=O)(=O)c1ccc(C(F)(F)F)c(F)c1)CCO2. The van der Waals surface area contributed by atoms with Crippen molar-refractivity contribution in [2.24, 2.45) is 0 Å². The lowest BCUT2D eigenvalue weighted by Crippen LogP contribution is -2.71. The van der Waals surface area contributed by atoms with E-state index < -0.39 is 38.1 Å². The molecule has 2 aliphatic rings. The highest BCUT2D eigenvalue weighted by molar-refractivity contribution is 7.89. The Morgan fingerprint density at radius 1 is 1.26 bits per heavy atom. The van der Waals surface area contributed by atoms with Gasteiger partial charge >= 0.3 is 6.18 Å². The first-order valence-corrected chi connectivity index (χ1v) is 9.95. The Morgan fingerprint density at radius 3 is 2.48 bits per heavy atom. The summed E-state index contributed by atoms with van der Waals surface area (Å²) in [6.07, 6.45) is -4.91. The highest BCUT2D eigenvalue weighted by atomic mass is 32.2. The molecule has 0 unspecified atom stereocenters. The van der Waals surface area contributed by atoms with Crippen molar-refractivity contribution in [3.8, 4) is 0 Å². The number of ether oxygens (including phenoxy) is 1. The van der Waals surface area contributed by atoms with Crippen LogP contribution in [0.3, 0.4) is 0 Å². The molecule has 1 aromatic rings. The molecule has 1 spiro atoms. The van der Waals surface area contributed by atoms with Gasteiger partial charge in [-0.25, -0.2) is 12.8 Å². The molecule has 3 rings (SSSR count). The average Bonchev–Trinajstić information content (AvgIpc) is 2.57. The van der Waals surface area contributed by atoms with Gasteiger partial charge in [-0.1, -0.05) is 0 Å². The topological polar surface area (TPSA) is 66.9 Å². The Morgan fingerprint density at radius 2 is 1.93 bits per heavy atom. The zero-order valence-corrected chi connectivity index (χ0v) is 15.6. The van der Waals surface area contributed by atoms with Gasteiger partial charge in [-0.15, -0.1) is 0 Å². The van der Waals surface area contributed by atoms with E-state index in [9.17, 15) is 30.8 Å². The lowest BCUT2D eigenvalue weighted by molar-refractivity contribution is -0.181. The second-order valence-electron chi connectivity index (χ2n) is 6.42. The van der Waals surface area contributed by atoms with Gasteiger partial charge in [-0.05, 0) is 18.2 Å². The second kappa shape index (κ2) is 6.90. The summed E-state index contributed by atoms with van der Waals surface area (Å²) < 4.78 is 83.9. The Labute approximate surface area is 158 Å². The molecule has 0 bridgehead atoms. The quantitative estimate of drug-likeness (QED) is 0.584. The lowest BCUT2D eigenvalue weighted by Gasteiger charge is -2.53. The van der Waals surface area contributed by atoms with E-state index in [2.05, 4.69) is 12.6 Å². The zero-order chi connectivity index (χ0) is 20.0. The van der Waals surface area contributed by atoms with Gasteiger partial charge in [0.2, 0.25) is 15.9 Å². The molecular weight excluding hydrogens is 412 g/mol. The van der Waals surface area contributed by atoms with Crippen molar-refractivity contribution in [1.82, 2.24) is 9.21 Å². The number of carbonyl (C=O) groups excluding carboxylic acids is 1. The smallest absolute Gasteiger partial charge is 0.369 e. The summed E-state index contributed by atoms with van der Waals surface area (Å²) in [5.74, 6) is -1.85. The third-order valence-electron chi connectivity index (χ3n) is 4.54. The number of amides is 1. The summed E-state index contributed by atoms with van der Waals surface area (Å²) in [5.41, 5.74) is -2.39. The third-order valence-corrected chi connectivity index (χ3v) is 6.65. The molecule has 2 heterocycles. The molecule has 0 N–H and O–H groups in total. The Balaban J connectivity index is 1.79. The maximum atomic E-state index is 13.8. The van der Waals surface area contributed by atoms with Crippen LogP contribution in [0.4, 0.5) is 17.6 Å². The summed E-state index contributed by atoms with van der Waals surface area (Å²) in [5, 5.41) is 0. The van der Waals surface area contributed by atoms with Crippen LogP contribution in [0.5, 0.6) is 0 Å². The van der Waals surface area contributed by atoms with Crippen LogP contribution in [-0.4, -0.2) is 67.7 Å². The fourth-order valence-corrected chi connectivity index (χ4v) is 4.88. The molecular formula is C15H16F4N2O4S2. The van der Waals surface area contributed by atoms with Crippen LogP contribution in [-0.2, 0) is 25.7 Å². The largest absolute Gasteiger partial charge is 0.419 e. The van der Waals surface area contributed by atoms with Gasteiger partial charge in [-0.3, -0.25) is 4.79 Å². The van der Waals surface area contributed by atoms with E-state index in [0.29, 0.717) is 12.1 Å². The molecule has 2 aliphatic heterocycles. The Hall–Kier alpha value is -1.37. The minimum absolute atomic E-state index is 0.0168. The number of rotatable bonds is 3. The molecule has 150 valence electrons. The van der Waals surface area contributed by atoms with Crippen molar-refractivity contribution in [2.45, 2.75) is 16.7 Å². The summed E-state index contributed by atoms with van der Waals surface area (Å²) in [7, 11) is -4.21. The fourth-order valence-electron chi connectivity index (χ4n) is 3.17. The van der Waals surface area contributed by atoms with Gasteiger partial charge in [-0.2, -0.15) is 30.1 Å². The Kier molecular flexibility index (Phi) is 5.21. The third kappa shape index (κ3) is 3.80. The maximum absolute atomic E-state index is 13.8. The highest BCUT2D eigenvalue weighted by Crippen LogP contribution is 2.34. The molecule has 27 heavy (non-hydrogen) atoms. The van der Waals surface area contributed by atoms with Crippen LogP contribution in [0, 0.1) is 5.82 Å². The molecule has 6 nitrogen and oxygen atoms in total. The number of likely N-dealkylation sites (tertiary alicyclic amines) is 1. The van der Waals surface area contributed by atoms with Crippen LogP contribution in [0.15, 0.2) is 23.1 Å². The first kappa shape index (κ1) is 20.4. The number of carbonyl (C=O) groups is 1. The van der Waals surface area contributed by atoms with Gasteiger partial charge in [0.1, 0.15) is 11.4 Å². The number of thiol groups is 1. The van der Waals surface area contributed by atoms with Crippen molar-refractivity contribution in [1.29, 1.82) is 0 Å². The van der Waals surface area contributed by atoms with Crippen molar-refractivity contribution in [3.05, 3.63) is 29.6 Å². The summed E-state index contributed by atoms with van der Waals surface area (Å²) in [6, 6.07) is 1.52. The number of halogens is 4. The number of benzene rings is 1. The van der Waals surface area contributed by atoms with Crippen molar-refractivity contribution < 1.29 is 35.5 Å². The monoisotopic (exact) mass is 428 g/mol. The van der Waals surface area contributed by atoms with Gasteiger partial charge in [0.25, 0.3) is 0 Å². The number of hydrogen-bond donors (Lipinski definition) is 1. The van der Waals surface area contributed by atoms with E-state index in [-0.39, 0.29) is 44.4 Å². The van der Waals surface area contributed by atoms with Gasteiger partial charge in [0, 0.05) is 13.1 Å². The van der Waals surface area contributed by atoms with Crippen LogP contribution in [0.2, 0.25) is 0 Å². The normalized spacial score (nSPS) is 20.6. The fraction of sp³-hybridized carbons (Fsp3) is 0.533. The molecule has 0 saturated carbocycles. The van der Waals surface area contributed by atoms with Crippen molar-refractivity contribution in [3.63, 3.8) is 0 Å². The predicted molar refractivity (Wildman–Crippen MR) is 89.3 cm³/mol. The lowest BCUT2D eigenvalue weighted by atomic mass is 9.92. The van der Waals surface area contributed by atoms with Gasteiger partial charge in [0.15, 0.2) is 0 Å². The minimum atomic E-state index is -4.91. The van der Waals surface area contributed by atoms with E-state index in [4.69, 9.17) is 4.74 Å². The summed E-state index contributed by atoms with van der Waals surface area (Å²) in [4.78, 5) is 12.5. The molecule has 0 aromatic heterocycles. The Bertz CT molecular complexity index is 854. The molecule has 0 radical (unpaired) electrons. The number of hydrogen-bond acceptors (Lipinski definition) is 5. The molecule has 1 amide bonds. The number of sulfonamides is 1. The van der Waals surface area contributed by atoms with Crippen molar-refractivity contribution >= 4 is 28.6 Å². The van der Waals surface area contributed by atoms with Crippen LogP contribution in [0.25, 0.3) is 0 Å². The van der Waals surface area contributed by atoms with Gasteiger partial charge in [0.05, 0.1) is 35.9 Å². The molecule has 0 atom stereocenters. The first-order chi connectivity index (χ1) is 12.5. The van der Waals surface area contributed by atoms with Gasteiger partial charge < -0.3 is 9.64 Å². The molecule has 2 fully saturated rings. The van der Waals surface area contributed by atoms with Crippen molar-refractivity contribution in [2.75, 3.05) is 38.5 Å². The molecule has 1 aromatic carbocycles. The zero-order valence-electron chi connectivity index (χ0n) is 13.9. The van der Waals surface area contributed by atoms with E-state index >= 15 is 0 Å². The van der Waals surface area contributed by atoms with E-state index in [1.54, 1.807) is 0 Å². The molecule has 12 heteroatoms. The van der Waals surface area contributed by atoms with Crippen LogP contribution >= 0.6 is 12.6 Å². The predicted octanol–water partition coefficient (Wildman–Crippen LogP) is 1.38. The maximum Gasteiger partial charge on any atom is 0.419 e. The number of alkyl halides is 3. The van der Waals surface area contributed by atoms with Crippen LogP contribution in [0.1, 0.15) is 5.56 Å². The average molecular weight is 428 g/mol. The van der Waals surface area contributed by atoms with E-state index in [0.717, 1.165) is 10.4 Å². The van der Waals surface area contributed by atoms with Crippen LogP contribution < -0.4 is 0 Å². The number of morpholine rings is 1. The standard InChI is InChI=1S/C15H16F4N2O4S2/c16-12-5-10(1-2-11(12)15(17,18)19)27(23,24)21-3-4-25-14(9-21)7-20(8-14)13(22)6-26/h1-2,5,26H,3-4,6-9H2. The van der Waals surface area contributed by atoms with E-state index in [1.807, 2.05) is 0 Å². The first-order valence-electron chi connectivity index (χ1n) is 7.88.